The number of fused-ring (bicyclic) bond motifs is 1. The van der Waals surface area contributed by atoms with Crippen molar-refractivity contribution >= 4 is 16.7 Å². The second kappa shape index (κ2) is 6.24. The molecule has 26 heavy (non-hydrogen) atoms. The maximum atomic E-state index is 12.8. The molecule has 1 aromatic heterocycles. The molecule has 2 fully saturated rings. The largest absolute Gasteiger partial charge is 0.340 e. The van der Waals surface area contributed by atoms with Gasteiger partial charge in [0.2, 0.25) is 5.91 Å². The predicted octanol–water partition coefficient (Wildman–Crippen LogP) is 3.32. The average Bonchev–Trinajstić information content (AvgIpc) is 3.20. The van der Waals surface area contributed by atoms with Crippen molar-refractivity contribution in [3.63, 3.8) is 0 Å². The van der Waals surface area contributed by atoms with E-state index in [9.17, 15) is 4.79 Å². The second-order valence-electron chi connectivity index (χ2n) is 7.49. The van der Waals surface area contributed by atoms with Crippen LogP contribution in [0.4, 0.5) is 0 Å². The van der Waals surface area contributed by atoms with Crippen LogP contribution >= 0.6 is 0 Å². The number of aromatic nitrogens is 3. The lowest BCUT2D eigenvalue weighted by molar-refractivity contribution is -0.129. The van der Waals surface area contributed by atoms with Gasteiger partial charge in [-0.3, -0.25) is 4.79 Å². The molecule has 0 spiro atoms. The Balaban J connectivity index is 1.28. The Bertz CT molecular complexity index is 954. The number of hydrogen-bond acceptors (Lipinski definition) is 3. The first-order valence-electron chi connectivity index (χ1n) is 9.44. The molecule has 5 heteroatoms. The van der Waals surface area contributed by atoms with Gasteiger partial charge in [-0.05, 0) is 35.6 Å². The van der Waals surface area contributed by atoms with Crippen LogP contribution < -0.4 is 0 Å². The molecule has 5 nitrogen and oxygen atoms in total. The number of amides is 1. The van der Waals surface area contributed by atoms with Crippen LogP contribution in [-0.2, 0) is 11.2 Å². The molecular weight excluding hydrogens is 324 g/mol. The van der Waals surface area contributed by atoms with Gasteiger partial charge in [0.05, 0.1) is 18.2 Å². The number of rotatable bonds is 4. The fourth-order valence-electron chi connectivity index (χ4n) is 3.94. The topological polar surface area (TPSA) is 51.0 Å². The first-order chi connectivity index (χ1) is 12.8. The van der Waals surface area contributed by atoms with E-state index in [1.54, 1.807) is 0 Å². The molecule has 0 unspecified atom stereocenters. The van der Waals surface area contributed by atoms with Gasteiger partial charge < -0.3 is 4.90 Å². The maximum Gasteiger partial charge on any atom is 0.227 e. The molecule has 0 radical (unpaired) electrons. The molecule has 0 bridgehead atoms. The van der Waals surface area contributed by atoms with Crippen molar-refractivity contribution in [3.8, 4) is 0 Å². The minimum Gasteiger partial charge on any atom is -0.340 e. The predicted molar refractivity (Wildman–Crippen MR) is 99.9 cm³/mol. The quantitative estimate of drug-likeness (QED) is 0.728. The van der Waals surface area contributed by atoms with Crippen LogP contribution in [-0.4, -0.2) is 38.9 Å². The second-order valence-corrected chi connectivity index (χ2v) is 7.49. The Hall–Kier alpha value is -2.69. The zero-order valence-corrected chi connectivity index (χ0v) is 14.7. The highest BCUT2D eigenvalue weighted by atomic mass is 16.2. The smallest absolute Gasteiger partial charge is 0.227 e. The number of nitrogens with zero attached hydrogens (tertiary/aromatic N) is 4. The van der Waals surface area contributed by atoms with E-state index in [0.29, 0.717) is 12.3 Å². The zero-order chi connectivity index (χ0) is 17.5. The summed E-state index contributed by atoms with van der Waals surface area (Å²) in [5, 5.41) is 11.0. The molecule has 0 N–H and O–H groups in total. The summed E-state index contributed by atoms with van der Waals surface area (Å²) in [7, 11) is 0. The lowest BCUT2D eigenvalue weighted by Gasteiger charge is -2.17. The Kier molecular flexibility index (Phi) is 3.73. The SMILES string of the molecule is O=C(Cc1cccc2ccccc12)N1CC[C@@H](n2cc(C3CC3)nn2)C1. The molecule has 5 rings (SSSR count). The van der Waals surface area contributed by atoms with Gasteiger partial charge in [-0.15, -0.1) is 5.10 Å². The fraction of sp³-hybridized carbons (Fsp3) is 0.381. The third-order valence-corrected chi connectivity index (χ3v) is 5.64. The van der Waals surface area contributed by atoms with E-state index in [0.717, 1.165) is 30.8 Å². The fourth-order valence-corrected chi connectivity index (χ4v) is 3.94. The van der Waals surface area contributed by atoms with Gasteiger partial charge in [-0.2, -0.15) is 0 Å². The minimum atomic E-state index is 0.200. The van der Waals surface area contributed by atoms with Gasteiger partial charge in [0, 0.05) is 25.2 Å². The Morgan fingerprint density at radius 1 is 1.08 bits per heavy atom. The Morgan fingerprint density at radius 3 is 2.81 bits per heavy atom. The van der Waals surface area contributed by atoms with Gasteiger partial charge in [0.15, 0.2) is 0 Å². The summed E-state index contributed by atoms with van der Waals surface area (Å²) in [6, 6.07) is 14.7. The third kappa shape index (κ3) is 2.87. The number of carbonyl (C=O) groups excluding carboxylic acids is 1. The molecule has 3 aromatic rings. The van der Waals surface area contributed by atoms with Crippen molar-refractivity contribution in [1.29, 1.82) is 0 Å². The van der Waals surface area contributed by atoms with Gasteiger partial charge in [-0.25, -0.2) is 4.68 Å². The highest BCUT2D eigenvalue weighted by Gasteiger charge is 2.31. The van der Waals surface area contributed by atoms with Crippen LogP contribution in [0.1, 0.15) is 42.5 Å². The Morgan fingerprint density at radius 2 is 1.92 bits per heavy atom. The summed E-state index contributed by atoms with van der Waals surface area (Å²) in [5.74, 6) is 0.820. The van der Waals surface area contributed by atoms with Gasteiger partial charge in [0.1, 0.15) is 0 Å². The lowest BCUT2D eigenvalue weighted by Crippen LogP contribution is -2.30. The summed E-state index contributed by atoms with van der Waals surface area (Å²) in [6.07, 6.45) is 5.96. The number of hydrogen-bond donors (Lipinski definition) is 0. The van der Waals surface area contributed by atoms with E-state index in [-0.39, 0.29) is 11.9 Å². The van der Waals surface area contributed by atoms with Gasteiger partial charge in [0.25, 0.3) is 0 Å². The van der Waals surface area contributed by atoms with Gasteiger partial charge >= 0.3 is 0 Å². The van der Waals surface area contributed by atoms with Crippen LogP contribution in [0.5, 0.6) is 0 Å². The summed E-state index contributed by atoms with van der Waals surface area (Å²) in [4.78, 5) is 14.8. The first kappa shape index (κ1) is 15.6. The van der Waals surface area contributed by atoms with E-state index < -0.39 is 0 Å². The maximum absolute atomic E-state index is 12.8. The van der Waals surface area contributed by atoms with Crippen LogP contribution in [0, 0.1) is 0 Å². The van der Waals surface area contributed by atoms with Crippen LogP contribution in [0.25, 0.3) is 10.8 Å². The standard InChI is InChI=1S/C21H22N4O/c26-21(12-17-6-3-5-15-4-1-2-7-19(15)17)24-11-10-18(13-24)25-14-20(22-23-25)16-8-9-16/h1-7,14,16,18H,8-13H2/t18-/m1/s1. The summed E-state index contributed by atoms with van der Waals surface area (Å²) >= 11 is 0. The van der Waals surface area contributed by atoms with E-state index in [1.807, 2.05) is 27.8 Å². The molecule has 1 amide bonds. The van der Waals surface area contributed by atoms with E-state index in [4.69, 9.17) is 0 Å². The molecule has 2 aromatic carbocycles. The number of carbonyl (C=O) groups is 1. The minimum absolute atomic E-state index is 0.200. The lowest BCUT2D eigenvalue weighted by atomic mass is 10.0. The van der Waals surface area contributed by atoms with Crippen LogP contribution in [0.15, 0.2) is 48.7 Å². The molecule has 132 valence electrons. The molecule has 1 saturated heterocycles. The molecule has 2 heterocycles. The monoisotopic (exact) mass is 346 g/mol. The molecule has 1 atom stereocenters. The summed E-state index contributed by atoms with van der Waals surface area (Å²) in [6.45, 7) is 1.53. The summed E-state index contributed by atoms with van der Waals surface area (Å²) < 4.78 is 1.97. The van der Waals surface area contributed by atoms with Crippen molar-refractivity contribution in [2.45, 2.75) is 37.6 Å². The van der Waals surface area contributed by atoms with Crippen LogP contribution in [0.3, 0.4) is 0 Å². The van der Waals surface area contributed by atoms with E-state index in [1.165, 1.54) is 23.6 Å². The van der Waals surface area contributed by atoms with E-state index in [2.05, 4.69) is 40.8 Å². The van der Waals surface area contributed by atoms with Crippen molar-refractivity contribution in [1.82, 2.24) is 19.9 Å². The zero-order valence-electron chi connectivity index (χ0n) is 14.7. The summed E-state index contributed by atoms with van der Waals surface area (Å²) in [5.41, 5.74) is 2.22. The molecular formula is C21H22N4O. The number of likely N-dealkylation sites (tertiary alicyclic amines) is 1. The molecule has 1 aliphatic heterocycles. The van der Waals surface area contributed by atoms with Crippen molar-refractivity contribution in [3.05, 3.63) is 59.9 Å². The normalized spacial score (nSPS) is 20.0. The van der Waals surface area contributed by atoms with E-state index >= 15 is 0 Å². The highest BCUT2D eigenvalue weighted by Crippen LogP contribution is 2.39. The number of benzene rings is 2. The molecule has 2 aliphatic rings. The first-order valence-corrected chi connectivity index (χ1v) is 9.44. The average molecular weight is 346 g/mol. The van der Waals surface area contributed by atoms with Gasteiger partial charge in [-0.1, -0.05) is 47.7 Å². The Labute approximate surface area is 152 Å². The van der Waals surface area contributed by atoms with Crippen molar-refractivity contribution < 1.29 is 4.79 Å². The highest BCUT2D eigenvalue weighted by molar-refractivity contribution is 5.90. The molecule has 1 saturated carbocycles. The van der Waals surface area contributed by atoms with Crippen molar-refractivity contribution in [2.75, 3.05) is 13.1 Å². The third-order valence-electron chi connectivity index (χ3n) is 5.64. The van der Waals surface area contributed by atoms with Crippen molar-refractivity contribution in [2.24, 2.45) is 0 Å². The molecule has 1 aliphatic carbocycles. The van der Waals surface area contributed by atoms with Crippen LogP contribution in [0.2, 0.25) is 0 Å².